The van der Waals surface area contributed by atoms with Gasteiger partial charge in [0.1, 0.15) is 12.2 Å². The second-order valence-corrected chi connectivity index (χ2v) is 6.51. The van der Waals surface area contributed by atoms with Crippen LogP contribution in [0.1, 0.15) is 38.2 Å². The maximum Gasteiger partial charge on any atom is 0.409 e. The summed E-state index contributed by atoms with van der Waals surface area (Å²) in [4.78, 5) is 37.8. The van der Waals surface area contributed by atoms with E-state index in [0.717, 1.165) is 12.8 Å². The van der Waals surface area contributed by atoms with Crippen molar-refractivity contribution < 1.29 is 23.9 Å². The Hall–Kier alpha value is -2.37. The first-order valence-corrected chi connectivity index (χ1v) is 9.12. The van der Waals surface area contributed by atoms with Gasteiger partial charge in [-0.3, -0.25) is 9.59 Å². The van der Waals surface area contributed by atoms with Gasteiger partial charge in [-0.15, -0.1) is 0 Å². The molecule has 6 heteroatoms. The van der Waals surface area contributed by atoms with Gasteiger partial charge in [-0.2, -0.15) is 0 Å². The van der Waals surface area contributed by atoms with E-state index in [2.05, 4.69) is 12.1 Å². The molecule has 1 amide bonds. The number of ether oxygens (including phenoxy) is 2. The zero-order valence-electron chi connectivity index (χ0n) is 15.5. The molecule has 2 atom stereocenters. The number of Topliss-reactive ketones (excluding diaryl/α,β-unsaturated/α-hetero) is 1. The van der Waals surface area contributed by atoms with Crippen molar-refractivity contribution in [3.63, 3.8) is 0 Å². The summed E-state index contributed by atoms with van der Waals surface area (Å²) in [5.41, 5.74) is 1.19. The molecule has 0 aliphatic carbocycles. The third kappa shape index (κ3) is 5.58. The van der Waals surface area contributed by atoms with Gasteiger partial charge in [0.2, 0.25) is 0 Å². The van der Waals surface area contributed by atoms with Gasteiger partial charge in [-0.25, -0.2) is 4.79 Å². The van der Waals surface area contributed by atoms with E-state index in [1.165, 1.54) is 12.7 Å². The summed E-state index contributed by atoms with van der Waals surface area (Å²) in [6, 6.07) is 9.96. The minimum Gasteiger partial charge on any atom is -0.466 e. The van der Waals surface area contributed by atoms with Gasteiger partial charge in [0.25, 0.3) is 0 Å². The number of nitrogens with zero attached hydrogens (tertiary/aromatic N) is 1. The van der Waals surface area contributed by atoms with E-state index >= 15 is 0 Å². The van der Waals surface area contributed by atoms with Crippen molar-refractivity contribution >= 4 is 17.8 Å². The molecule has 1 aromatic rings. The predicted molar refractivity (Wildman–Crippen MR) is 96.6 cm³/mol. The number of esters is 1. The fraction of sp³-hybridized carbons (Fsp3) is 0.550. The molecule has 0 saturated carbocycles. The van der Waals surface area contributed by atoms with Gasteiger partial charge >= 0.3 is 12.1 Å². The summed E-state index contributed by atoms with van der Waals surface area (Å²) in [6.45, 7) is 2.45. The number of benzene rings is 1. The highest BCUT2D eigenvalue weighted by Crippen LogP contribution is 2.28. The summed E-state index contributed by atoms with van der Waals surface area (Å²) in [7, 11) is 1.37. The standard InChI is InChI=1S/C20H27NO5/c1-3-26-19(23)14-18(22)16-11-12-21(20(24)25-2)17(13-16)10-9-15-7-5-4-6-8-15/h4-8,16-17H,3,9-14H2,1-2H3/t16-,17+/m1/s1. The van der Waals surface area contributed by atoms with E-state index in [9.17, 15) is 14.4 Å². The van der Waals surface area contributed by atoms with E-state index in [0.29, 0.717) is 19.4 Å². The third-order valence-corrected chi connectivity index (χ3v) is 4.81. The molecule has 142 valence electrons. The van der Waals surface area contributed by atoms with E-state index < -0.39 is 5.97 Å². The molecule has 26 heavy (non-hydrogen) atoms. The molecule has 0 aromatic heterocycles. The highest BCUT2D eigenvalue weighted by atomic mass is 16.5. The molecular formula is C20H27NO5. The number of ketones is 1. The van der Waals surface area contributed by atoms with Crippen LogP contribution in [0.3, 0.4) is 0 Å². The number of methoxy groups -OCH3 is 1. The number of aryl methyl sites for hydroxylation is 1. The maximum absolute atomic E-state index is 12.4. The molecule has 1 fully saturated rings. The lowest BCUT2D eigenvalue weighted by molar-refractivity contribution is -0.146. The smallest absolute Gasteiger partial charge is 0.409 e. The highest BCUT2D eigenvalue weighted by Gasteiger charge is 2.35. The van der Waals surface area contributed by atoms with Gasteiger partial charge in [-0.05, 0) is 38.2 Å². The molecule has 1 aliphatic rings. The van der Waals surface area contributed by atoms with E-state index in [1.807, 2.05) is 18.2 Å². The molecule has 0 spiro atoms. The number of piperidine rings is 1. The predicted octanol–water partition coefficient (Wildman–Crippen LogP) is 2.99. The SMILES string of the molecule is CCOC(=O)CC(=O)[C@@H]1CCN(C(=O)OC)[C@@H](CCc2ccccc2)C1. The van der Waals surface area contributed by atoms with Crippen LogP contribution in [0.5, 0.6) is 0 Å². The Morgan fingerprint density at radius 1 is 1.19 bits per heavy atom. The maximum atomic E-state index is 12.4. The Morgan fingerprint density at radius 2 is 1.92 bits per heavy atom. The second-order valence-electron chi connectivity index (χ2n) is 6.51. The lowest BCUT2D eigenvalue weighted by atomic mass is 9.84. The van der Waals surface area contributed by atoms with Gasteiger partial charge in [0, 0.05) is 18.5 Å². The number of amides is 1. The van der Waals surface area contributed by atoms with Crippen LogP contribution in [-0.2, 0) is 25.5 Å². The Labute approximate surface area is 154 Å². The van der Waals surface area contributed by atoms with Gasteiger partial charge < -0.3 is 14.4 Å². The number of carbonyl (C=O) groups excluding carboxylic acids is 3. The molecule has 0 bridgehead atoms. The van der Waals surface area contributed by atoms with E-state index in [4.69, 9.17) is 9.47 Å². The summed E-state index contributed by atoms with van der Waals surface area (Å²) in [5.74, 6) is -0.799. The van der Waals surface area contributed by atoms with E-state index in [-0.39, 0.29) is 36.9 Å². The van der Waals surface area contributed by atoms with Crippen molar-refractivity contribution in [3.05, 3.63) is 35.9 Å². The van der Waals surface area contributed by atoms with Crippen molar-refractivity contribution in [2.24, 2.45) is 5.92 Å². The normalized spacial score (nSPS) is 19.7. The van der Waals surface area contributed by atoms with Gasteiger partial charge in [-0.1, -0.05) is 30.3 Å². The number of rotatable bonds is 7. The number of carbonyl (C=O) groups is 3. The van der Waals surface area contributed by atoms with Crippen LogP contribution in [0.4, 0.5) is 4.79 Å². The fourth-order valence-electron chi connectivity index (χ4n) is 3.45. The summed E-state index contributed by atoms with van der Waals surface area (Å²) >= 11 is 0. The molecular weight excluding hydrogens is 334 g/mol. The molecule has 0 N–H and O–H groups in total. The van der Waals surface area contributed by atoms with Crippen LogP contribution in [-0.4, -0.2) is 49.0 Å². The minimum absolute atomic E-state index is 0.0763. The highest BCUT2D eigenvalue weighted by molar-refractivity contribution is 5.96. The number of hydrogen-bond acceptors (Lipinski definition) is 5. The van der Waals surface area contributed by atoms with Crippen LogP contribution in [0.15, 0.2) is 30.3 Å². The molecule has 1 aromatic carbocycles. The number of likely N-dealkylation sites (tertiary alicyclic amines) is 1. The Balaban J connectivity index is 2.00. The molecule has 6 nitrogen and oxygen atoms in total. The van der Waals surface area contributed by atoms with Crippen LogP contribution in [0.25, 0.3) is 0 Å². The number of hydrogen-bond donors (Lipinski definition) is 0. The second kappa shape index (κ2) is 9.94. The van der Waals surface area contributed by atoms with Crippen molar-refractivity contribution in [1.82, 2.24) is 4.90 Å². The average molecular weight is 361 g/mol. The lowest BCUT2D eigenvalue weighted by Crippen LogP contribution is -2.47. The summed E-state index contributed by atoms with van der Waals surface area (Å²) < 4.78 is 9.76. The summed E-state index contributed by atoms with van der Waals surface area (Å²) in [6.07, 6.45) is 2.12. The minimum atomic E-state index is -0.478. The van der Waals surface area contributed by atoms with Crippen LogP contribution in [0, 0.1) is 5.92 Å². The molecule has 2 rings (SSSR count). The first-order valence-electron chi connectivity index (χ1n) is 9.12. The molecule has 1 saturated heterocycles. The van der Waals surface area contributed by atoms with Gasteiger partial charge in [0.15, 0.2) is 0 Å². The van der Waals surface area contributed by atoms with Gasteiger partial charge in [0.05, 0.1) is 13.7 Å². The average Bonchev–Trinajstić information content (AvgIpc) is 2.66. The zero-order chi connectivity index (χ0) is 18.9. The molecule has 0 radical (unpaired) electrons. The Kier molecular flexibility index (Phi) is 7.63. The third-order valence-electron chi connectivity index (χ3n) is 4.81. The summed E-state index contributed by atoms with van der Waals surface area (Å²) in [5, 5.41) is 0. The van der Waals surface area contributed by atoms with Crippen molar-refractivity contribution in [1.29, 1.82) is 0 Å². The monoisotopic (exact) mass is 361 g/mol. The van der Waals surface area contributed by atoms with Crippen molar-refractivity contribution in [3.8, 4) is 0 Å². The van der Waals surface area contributed by atoms with Crippen molar-refractivity contribution in [2.45, 2.75) is 45.1 Å². The molecule has 1 aliphatic heterocycles. The Bertz CT molecular complexity index is 616. The first-order chi connectivity index (χ1) is 12.5. The van der Waals surface area contributed by atoms with Crippen LogP contribution < -0.4 is 0 Å². The van der Waals surface area contributed by atoms with Crippen LogP contribution >= 0.6 is 0 Å². The fourth-order valence-corrected chi connectivity index (χ4v) is 3.45. The van der Waals surface area contributed by atoms with E-state index in [1.54, 1.807) is 11.8 Å². The molecule has 1 heterocycles. The topological polar surface area (TPSA) is 72.9 Å². The molecule has 0 unspecified atom stereocenters. The van der Waals surface area contributed by atoms with Crippen LogP contribution in [0.2, 0.25) is 0 Å². The van der Waals surface area contributed by atoms with Crippen molar-refractivity contribution in [2.75, 3.05) is 20.3 Å². The zero-order valence-corrected chi connectivity index (χ0v) is 15.5. The quantitative estimate of drug-likeness (QED) is 0.551. The Morgan fingerprint density at radius 3 is 2.58 bits per heavy atom. The first kappa shape index (κ1) is 19.9. The largest absolute Gasteiger partial charge is 0.466 e. The lowest BCUT2D eigenvalue weighted by Gasteiger charge is -2.38.